The van der Waals surface area contributed by atoms with Gasteiger partial charge in [0.2, 0.25) is 0 Å². The van der Waals surface area contributed by atoms with E-state index in [4.69, 9.17) is 0 Å². The second kappa shape index (κ2) is 5.96. The van der Waals surface area contributed by atoms with Crippen molar-refractivity contribution in [2.45, 2.75) is 32.9 Å². The number of hydrogen-bond acceptors (Lipinski definition) is 4. The van der Waals surface area contributed by atoms with Crippen molar-refractivity contribution in [3.05, 3.63) is 42.9 Å². The molecule has 0 aliphatic heterocycles. The fourth-order valence-corrected chi connectivity index (χ4v) is 2.36. The van der Waals surface area contributed by atoms with E-state index in [0.29, 0.717) is 12.4 Å². The predicted octanol–water partition coefficient (Wildman–Crippen LogP) is 2.56. The van der Waals surface area contributed by atoms with Gasteiger partial charge in [-0.05, 0) is 39.0 Å². The lowest BCUT2D eigenvalue weighted by Crippen LogP contribution is -2.19. The summed E-state index contributed by atoms with van der Waals surface area (Å²) in [6, 6.07) is 7.66. The lowest BCUT2D eigenvalue weighted by molar-refractivity contribution is 0.270. The summed E-state index contributed by atoms with van der Waals surface area (Å²) in [4.78, 5) is 8.93. The van der Waals surface area contributed by atoms with E-state index in [1.807, 2.05) is 30.5 Å². The Morgan fingerprint density at radius 1 is 1.17 bits per heavy atom. The normalized spacial score (nSPS) is 11.8. The lowest BCUT2D eigenvalue weighted by Gasteiger charge is -2.20. The van der Waals surface area contributed by atoms with Crippen molar-refractivity contribution in [2.75, 3.05) is 6.61 Å². The molecule has 0 aliphatic carbocycles. The molecule has 0 bridgehead atoms. The zero-order chi connectivity index (χ0) is 16.4. The maximum absolute atomic E-state index is 9.30. The van der Waals surface area contributed by atoms with Gasteiger partial charge in [-0.1, -0.05) is 6.07 Å². The van der Waals surface area contributed by atoms with Crippen molar-refractivity contribution in [1.82, 2.24) is 24.3 Å². The molecule has 0 radical (unpaired) electrons. The van der Waals surface area contributed by atoms with Crippen molar-refractivity contribution in [3.8, 4) is 22.9 Å². The highest BCUT2D eigenvalue weighted by molar-refractivity contribution is 5.59. The van der Waals surface area contributed by atoms with Crippen molar-refractivity contribution < 1.29 is 5.11 Å². The summed E-state index contributed by atoms with van der Waals surface area (Å²) in [5, 5.41) is 13.8. The van der Waals surface area contributed by atoms with Crippen LogP contribution in [0, 0.1) is 0 Å². The molecule has 0 aliphatic rings. The van der Waals surface area contributed by atoms with Gasteiger partial charge in [-0.15, -0.1) is 5.10 Å². The number of nitrogens with zero attached hydrogens (tertiary/aromatic N) is 5. The van der Waals surface area contributed by atoms with Crippen LogP contribution in [-0.4, -0.2) is 36.0 Å². The van der Waals surface area contributed by atoms with Gasteiger partial charge in [-0.25, -0.2) is 9.67 Å². The third kappa shape index (κ3) is 3.17. The van der Waals surface area contributed by atoms with Gasteiger partial charge in [-0.3, -0.25) is 4.98 Å². The summed E-state index contributed by atoms with van der Waals surface area (Å²) in [5.74, 6) is 1.31. The standard InChI is InChI=1S/C17H21N5O/c1-17(2,3)21-9-7-13(12-21)16-19-15(20-22(16)10-11-23)14-6-4-5-8-18-14/h4-9,12,23H,10-11H2,1-3H3. The summed E-state index contributed by atoms with van der Waals surface area (Å²) in [5.41, 5.74) is 1.70. The van der Waals surface area contributed by atoms with Crippen molar-refractivity contribution in [1.29, 1.82) is 0 Å². The van der Waals surface area contributed by atoms with Crippen LogP contribution in [0.3, 0.4) is 0 Å². The monoisotopic (exact) mass is 311 g/mol. The molecular weight excluding hydrogens is 290 g/mol. The minimum absolute atomic E-state index is 0.00386. The number of aromatic nitrogens is 5. The first-order chi connectivity index (χ1) is 11.0. The molecule has 3 aromatic heterocycles. The van der Waals surface area contributed by atoms with Gasteiger partial charge in [0.05, 0.1) is 13.2 Å². The van der Waals surface area contributed by atoms with Gasteiger partial charge >= 0.3 is 0 Å². The van der Waals surface area contributed by atoms with E-state index in [-0.39, 0.29) is 12.1 Å². The smallest absolute Gasteiger partial charge is 0.200 e. The minimum atomic E-state index is 0.00386. The van der Waals surface area contributed by atoms with E-state index in [1.165, 1.54) is 0 Å². The first-order valence-corrected chi connectivity index (χ1v) is 7.65. The summed E-state index contributed by atoms with van der Waals surface area (Å²) >= 11 is 0. The molecule has 0 spiro atoms. The maximum Gasteiger partial charge on any atom is 0.200 e. The second-order valence-corrected chi connectivity index (χ2v) is 6.40. The Morgan fingerprint density at radius 2 is 2.00 bits per heavy atom. The topological polar surface area (TPSA) is 68.8 Å². The van der Waals surface area contributed by atoms with E-state index in [2.05, 4.69) is 46.6 Å². The van der Waals surface area contributed by atoms with E-state index in [0.717, 1.165) is 17.1 Å². The van der Waals surface area contributed by atoms with Crippen molar-refractivity contribution >= 4 is 0 Å². The predicted molar refractivity (Wildman–Crippen MR) is 88.8 cm³/mol. The molecule has 0 unspecified atom stereocenters. The number of hydrogen-bond donors (Lipinski definition) is 1. The van der Waals surface area contributed by atoms with E-state index in [1.54, 1.807) is 10.9 Å². The first-order valence-electron chi connectivity index (χ1n) is 7.65. The van der Waals surface area contributed by atoms with Gasteiger partial charge < -0.3 is 9.67 Å². The minimum Gasteiger partial charge on any atom is -0.394 e. The van der Waals surface area contributed by atoms with Crippen LogP contribution in [0.5, 0.6) is 0 Å². The lowest BCUT2D eigenvalue weighted by atomic mass is 10.1. The molecule has 0 aromatic carbocycles. The molecule has 0 saturated heterocycles. The summed E-state index contributed by atoms with van der Waals surface area (Å²) < 4.78 is 3.87. The van der Waals surface area contributed by atoms with E-state index < -0.39 is 0 Å². The third-order valence-electron chi connectivity index (χ3n) is 3.60. The first kappa shape index (κ1) is 15.4. The second-order valence-electron chi connectivity index (χ2n) is 6.40. The molecule has 6 nitrogen and oxygen atoms in total. The molecule has 1 N–H and O–H groups in total. The largest absolute Gasteiger partial charge is 0.394 e. The molecule has 0 atom stereocenters. The highest BCUT2D eigenvalue weighted by atomic mass is 16.3. The Morgan fingerprint density at radius 3 is 2.61 bits per heavy atom. The van der Waals surface area contributed by atoms with Crippen LogP contribution in [-0.2, 0) is 12.1 Å². The Hall–Kier alpha value is -2.47. The fraction of sp³-hybridized carbons (Fsp3) is 0.353. The average molecular weight is 311 g/mol. The highest BCUT2D eigenvalue weighted by Crippen LogP contribution is 2.24. The molecule has 3 aromatic rings. The molecule has 6 heteroatoms. The van der Waals surface area contributed by atoms with Crippen LogP contribution in [0.25, 0.3) is 22.9 Å². The van der Waals surface area contributed by atoms with Gasteiger partial charge in [0.1, 0.15) is 5.69 Å². The Labute approximate surface area is 135 Å². The molecule has 3 heterocycles. The van der Waals surface area contributed by atoms with E-state index in [9.17, 15) is 5.11 Å². The number of pyridine rings is 1. The molecule has 120 valence electrons. The summed E-state index contributed by atoms with van der Waals surface area (Å²) in [6.07, 6.45) is 5.81. The van der Waals surface area contributed by atoms with Crippen molar-refractivity contribution in [2.24, 2.45) is 0 Å². The van der Waals surface area contributed by atoms with E-state index >= 15 is 0 Å². The van der Waals surface area contributed by atoms with Gasteiger partial charge in [-0.2, -0.15) is 0 Å². The van der Waals surface area contributed by atoms with Crippen LogP contribution in [0.15, 0.2) is 42.9 Å². The van der Waals surface area contributed by atoms with Gasteiger partial charge in [0.25, 0.3) is 0 Å². The molecule has 0 saturated carbocycles. The molecule has 0 amide bonds. The zero-order valence-electron chi connectivity index (χ0n) is 13.6. The molecule has 0 fully saturated rings. The quantitative estimate of drug-likeness (QED) is 0.804. The summed E-state index contributed by atoms with van der Waals surface area (Å²) in [6.45, 7) is 6.85. The van der Waals surface area contributed by atoms with Crippen LogP contribution >= 0.6 is 0 Å². The van der Waals surface area contributed by atoms with Crippen LogP contribution < -0.4 is 0 Å². The zero-order valence-corrected chi connectivity index (χ0v) is 13.6. The van der Waals surface area contributed by atoms with Crippen LogP contribution in [0.1, 0.15) is 20.8 Å². The molecular formula is C17H21N5O. The van der Waals surface area contributed by atoms with Crippen LogP contribution in [0.2, 0.25) is 0 Å². The average Bonchev–Trinajstić information content (AvgIpc) is 3.14. The maximum atomic E-state index is 9.30. The van der Waals surface area contributed by atoms with Crippen LogP contribution in [0.4, 0.5) is 0 Å². The molecule has 3 rings (SSSR count). The van der Waals surface area contributed by atoms with Gasteiger partial charge in [0, 0.05) is 29.7 Å². The fourth-order valence-electron chi connectivity index (χ4n) is 2.36. The number of rotatable bonds is 4. The third-order valence-corrected chi connectivity index (χ3v) is 3.60. The Balaban J connectivity index is 2.04. The van der Waals surface area contributed by atoms with Gasteiger partial charge in [0.15, 0.2) is 11.6 Å². The SMILES string of the molecule is CC(C)(C)n1ccc(-c2nc(-c3ccccn3)nn2CCO)c1. The Kier molecular flexibility index (Phi) is 4.00. The number of aliphatic hydroxyl groups is 1. The highest BCUT2D eigenvalue weighted by Gasteiger charge is 2.18. The summed E-state index contributed by atoms with van der Waals surface area (Å²) in [7, 11) is 0. The Bertz CT molecular complexity index is 783. The number of aliphatic hydroxyl groups excluding tert-OH is 1. The molecule has 23 heavy (non-hydrogen) atoms. The van der Waals surface area contributed by atoms with Crippen molar-refractivity contribution in [3.63, 3.8) is 0 Å².